The van der Waals surface area contributed by atoms with Gasteiger partial charge in [0, 0.05) is 37.2 Å². The van der Waals surface area contributed by atoms with Gasteiger partial charge in [0.15, 0.2) is 6.10 Å². The van der Waals surface area contributed by atoms with Crippen LogP contribution in [-0.4, -0.2) is 27.6 Å². The zero-order valence-electron chi connectivity index (χ0n) is 12.9. The van der Waals surface area contributed by atoms with Crippen LogP contribution in [-0.2, 0) is 24.2 Å². The van der Waals surface area contributed by atoms with Crippen LogP contribution in [0.5, 0.6) is 5.75 Å². The van der Waals surface area contributed by atoms with E-state index in [4.69, 9.17) is 4.74 Å². The van der Waals surface area contributed by atoms with E-state index >= 15 is 0 Å². The van der Waals surface area contributed by atoms with E-state index < -0.39 is 6.10 Å². The molecule has 0 spiro atoms. The number of fused-ring (bicyclic) bond motifs is 2. The molecule has 0 fully saturated rings. The van der Waals surface area contributed by atoms with Crippen LogP contribution in [0.2, 0.25) is 0 Å². The molecule has 0 radical (unpaired) electrons. The number of ether oxygens (including phenoxy) is 1. The highest BCUT2D eigenvalue weighted by molar-refractivity contribution is 5.82. The highest BCUT2D eigenvalue weighted by atomic mass is 19.1. The van der Waals surface area contributed by atoms with Crippen molar-refractivity contribution >= 4 is 5.91 Å². The molecule has 0 aliphatic carbocycles. The number of hydrogen-bond donors (Lipinski definition) is 1. The molecule has 1 amide bonds. The molecule has 1 aromatic heterocycles. The Bertz CT molecular complexity index is 771. The van der Waals surface area contributed by atoms with Gasteiger partial charge in [0.25, 0.3) is 5.91 Å². The van der Waals surface area contributed by atoms with Crippen molar-refractivity contribution in [1.82, 2.24) is 14.9 Å². The molecule has 2 atom stereocenters. The third kappa shape index (κ3) is 2.69. The Hall–Kier alpha value is -2.37. The number of imidazole rings is 1. The van der Waals surface area contributed by atoms with E-state index in [1.807, 2.05) is 13.1 Å². The summed E-state index contributed by atoms with van der Waals surface area (Å²) in [6.45, 7) is 2.71. The lowest BCUT2D eigenvalue weighted by Gasteiger charge is -2.25. The van der Waals surface area contributed by atoms with Crippen molar-refractivity contribution in [2.24, 2.45) is 0 Å². The van der Waals surface area contributed by atoms with E-state index in [-0.39, 0.29) is 17.8 Å². The predicted octanol–water partition coefficient (Wildman–Crippen LogP) is 1.77. The van der Waals surface area contributed by atoms with Gasteiger partial charge in [-0.15, -0.1) is 0 Å². The molecule has 120 valence electrons. The Kier molecular flexibility index (Phi) is 3.32. The number of rotatable bonds is 2. The number of nitrogens with one attached hydrogen (secondary N) is 1. The molecule has 6 heteroatoms. The quantitative estimate of drug-likeness (QED) is 0.919. The van der Waals surface area contributed by atoms with E-state index in [0.29, 0.717) is 12.2 Å². The van der Waals surface area contributed by atoms with Gasteiger partial charge in [-0.1, -0.05) is 0 Å². The molecule has 5 nitrogen and oxygen atoms in total. The smallest absolute Gasteiger partial charge is 0.261 e. The molecule has 0 saturated heterocycles. The topological polar surface area (TPSA) is 56.2 Å². The monoisotopic (exact) mass is 315 g/mol. The Labute approximate surface area is 133 Å². The SMILES string of the molecule is Cc1cn2c(n1)CC[C@H](NC(=O)[C@H]1Cc3cc(F)ccc3O1)C2. The largest absolute Gasteiger partial charge is 0.480 e. The fraction of sp³-hybridized carbons (Fsp3) is 0.412. The Morgan fingerprint density at radius 3 is 3.22 bits per heavy atom. The summed E-state index contributed by atoms with van der Waals surface area (Å²) in [4.78, 5) is 16.9. The fourth-order valence-corrected chi connectivity index (χ4v) is 3.36. The molecule has 2 aliphatic heterocycles. The number of hydrogen-bond acceptors (Lipinski definition) is 3. The van der Waals surface area contributed by atoms with Crippen molar-refractivity contribution < 1.29 is 13.9 Å². The number of carbonyl (C=O) groups is 1. The summed E-state index contributed by atoms with van der Waals surface area (Å²) in [5.41, 5.74) is 1.75. The number of amides is 1. The first-order chi connectivity index (χ1) is 11.1. The summed E-state index contributed by atoms with van der Waals surface area (Å²) < 4.78 is 21.0. The van der Waals surface area contributed by atoms with Crippen LogP contribution in [0.25, 0.3) is 0 Å². The second-order valence-electron chi connectivity index (χ2n) is 6.26. The van der Waals surface area contributed by atoms with Gasteiger partial charge in [-0.2, -0.15) is 0 Å². The number of nitrogens with zero attached hydrogens (tertiary/aromatic N) is 2. The molecule has 2 aromatic rings. The molecular formula is C17H18FN3O2. The van der Waals surface area contributed by atoms with E-state index in [9.17, 15) is 9.18 Å². The maximum absolute atomic E-state index is 13.2. The second-order valence-corrected chi connectivity index (χ2v) is 6.26. The minimum atomic E-state index is -0.572. The van der Waals surface area contributed by atoms with Gasteiger partial charge in [-0.25, -0.2) is 9.37 Å². The lowest BCUT2D eigenvalue weighted by Crippen LogP contribution is -2.46. The first-order valence-electron chi connectivity index (χ1n) is 7.86. The maximum Gasteiger partial charge on any atom is 0.261 e. The summed E-state index contributed by atoms with van der Waals surface area (Å²) in [5.74, 6) is 1.24. The van der Waals surface area contributed by atoms with Crippen LogP contribution in [0, 0.1) is 12.7 Å². The third-order valence-electron chi connectivity index (χ3n) is 4.45. The number of carbonyl (C=O) groups excluding carboxylic acids is 1. The van der Waals surface area contributed by atoms with Crippen LogP contribution >= 0.6 is 0 Å². The molecule has 0 saturated carbocycles. The minimum Gasteiger partial charge on any atom is -0.480 e. The molecule has 0 unspecified atom stereocenters. The lowest BCUT2D eigenvalue weighted by atomic mass is 10.1. The molecule has 4 rings (SSSR count). The summed E-state index contributed by atoms with van der Waals surface area (Å²) in [5, 5.41) is 3.05. The van der Waals surface area contributed by atoms with Crippen LogP contribution in [0.3, 0.4) is 0 Å². The lowest BCUT2D eigenvalue weighted by molar-refractivity contribution is -0.128. The Balaban J connectivity index is 1.40. The van der Waals surface area contributed by atoms with Gasteiger partial charge >= 0.3 is 0 Å². The number of aryl methyl sites for hydroxylation is 2. The molecule has 1 N–H and O–H groups in total. The predicted molar refractivity (Wildman–Crippen MR) is 81.7 cm³/mol. The molecular weight excluding hydrogens is 297 g/mol. The van der Waals surface area contributed by atoms with Gasteiger partial charge in [-0.3, -0.25) is 4.79 Å². The normalized spacial score (nSPS) is 22.2. The number of benzene rings is 1. The van der Waals surface area contributed by atoms with Gasteiger partial charge in [0.1, 0.15) is 17.4 Å². The van der Waals surface area contributed by atoms with Crippen LogP contribution < -0.4 is 10.1 Å². The number of halogens is 1. The third-order valence-corrected chi connectivity index (χ3v) is 4.45. The van der Waals surface area contributed by atoms with Gasteiger partial charge in [0.2, 0.25) is 0 Å². The molecule has 0 bridgehead atoms. The average Bonchev–Trinajstić information content (AvgIpc) is 3.08. The van der Waals surface area contributed by atoms with Crippen LogP contribution in [0.4, 0.5) is 4.39 Å². The zero-order valence-corrected chi connectivity index (χ0v) is 12.9. The summed E-state index contributed by atoms with van der Waals surface area (Å²) >= 11 is 0. The van der Waals surface area contributed by atoms with Gasteiger partial charge in [-0.05, 0) is 31.5 Å². The van der Waals surface area contributed by atoms with Crippen molar-refractivity contribution in [3.8, 4) is 5.75 Å². The Morgan fingerprint density at radius 1 is 1.48 bits per heavy atom. The average molecular weight is 315 g/mol. The summed E-state index contributed by atoms with van der Waals surface area (Å²) in [7, 11) is 0. The van der Waals surface area contributed by atoms with Gasteiger partial charge < -0.3 is 14.6 Å². The van der Waals surface area contributed by atoms with Crippen molar-refractivity contribution in [2.75, 3.05) is 0 Å². The van der Waals surface area contributed by atoms with Crippen molar-refractivity contribution in [2.45, 2.75) is 44.9 Å². The number of aromatic nitrogens is 2. The molecule has 1 aromatic carbocycles. The minimum absolute atomic E-state index is 0.0765. The summed E-state index contributed by atoms with van der Waals surface area (Å²) in [6, 6.07) is 4.44. The first-order valence-corrected chi connectivity index (χ1v) is 7.86. The van der Waals surface area contributed by atoms with E-state index in [2.05, 4.69) is 14.9 Å². The molecule has 23 heavy (non-hydrogen) atoms. The van der Waals surface area contributed by atoms with Crippen LogP contribution in [0.1, 0.15) is 23.5 Å². The van der Waals surface area contributed by atoms with Crippen molar-refractivity contribution in [1.29, 1.82) is 0 Å². The maximum atomic E-state index is 13.2. The second kappa shape index (κ2) is 5.37. The Morgan fingerprint density at radius 2 is 2.35 bits per heavy atom. The van der Waals surface area contributed by atoms with Crippen molar-refractivity contribution in [3.63, 3.8) is 0 Å². The molecule has 3 heterocycles. The van der Waals surface area contributed by atoms with E-state index in [1.54, 1.807) is 6.07 Å². The summed E-state index contributed by atoms with van der Waals surface area (Å²) in [6.07, 6.45) is 3.59. The van der Waals surface area contributed by atoms with Gasteiger partial charge in [0.05, 0.1) is 5.69 Å². The standard InChI is InChI=1S/C17H18FN3O2/c1-10-8-21-9-13(3-5-16(21)19-10)20-17(22)15-7-11-6-12(18)2-4-14(11)23-15/h2,4,6,8,13,15H,3,5,7,9H2,1H3,(H,20,22)/t13-,15+/m0/s1. The highest BCUT2D eigenvalue weighted by Crippen LogP contribution is 2.29. The first kappa shape index (κ1) is 14.2. The van der Waals surface area contributed by atoms with Crippen molar-refractivity contribution in [3.05, 3.63) is 47.3 Å². The van der Waals surface area contributed by atoms with Crippen LogP contribution in [0.15, 0.2) is 24.4 Å². The molecule has 2 aliphatic rings. The fourth-order valence-electron chi connectivity index (χ4n) is 3.36. The highest BCUT2D eigenvalue weighted by Gasteiger charge is 2.31. The van der Waals surface area contributed by atoms with E-state index in [0.717, 1.165) is 36.5 Å². The zero-order chi connectivity index (χ0) is 16.0. The van der Waals surface area contributed by atoms with E-state index in [1.165, 1.54) is 12.1 Å².